The van der Waals surface area contributed by atoms with Crippen molar-refractivity contribution in [3.8, 4) is 11.1 Å². The van der Waals surface area contributed by atoms with Gasteiger partial charge < -0.3 is 0 Å². The first-order chi connectivity index (χ1) is 8.92. The fourth-order valence-corrected chi connectivity index (χ4v) is 2.89. The van der Waals surface area contributed by atoms with Gasteiger partial charge in [0.05, 0.1) is 0 Å². The molecule has 0 N–H and O–H groups in total. The minimum Gasteiger partial charge on any atom is -0.147 e. The van der Waals surface area contributed by atoms with E-state index in [1.165, 1.54) is 33.4 Å². The molecule has 0 nitrogen and oxygen atoms in total. The predicted molar refractivity (Wildman–Crippen MR) is 75.3 cm³/mol. The Kier molecular flexibility index (Phi) is 3.41. The van der Waals surface area contributed by atoms with Gasteiger partial charge in [-0.3, -0.25) is 0 Å². The third kappa shape index (κ3) is 2.11. The van der Waals surface area contributed by atoms with Crippen LogP contribution in [0, 0.1) is 6.07 Å². The maximum atomic E-state index is 3.61. The summed E-state index contributed by atoms with van der Waals surface area (Å²) in [6.45, 7) is 0. The summed E-state index contributed by atoms with van der Waals surface area (Å²) < 4.78 is 0. The number of hydrogen-bond donors (Lipinski definition) is 0. The maximum absolute atomic E-state index is 3.61. The molecule has 0 unspecified atom stereocenters. The third-order valence-corrected chi connectivity index (χ3v) is 3.82. The maximum Gasteiger partial charge on any atom is 0 e. The van der Waals surface area contributed by atoms with Crippen LogP contribution in [0.5, 0.6) is 0 Å². The second-order valence-electron chi connectivity index (χ2n) is 4.92. The van der Waals surface area contributed by atoms with Crippen LogP contribution in [0.2, 0.25) is 0 Å². The third-order valence-electron chi connectivity index (χ3n) is 3.82. The van der Waals surface area contributed by atoms with Crippen LogP contribution in [-0.2, 0) is 32.6 Å². The van der Waals surface area contributed by atoms with Gasteiger partial charge in [0.25, 0.3) is 0 Å². The summed E-state index contributed by atoms with van der Waals surface area (Å²) >= 11 is 0. The molecule has 19 heavy (non-hydrogen) atoms. The Hall–Kier alpha value is -1.20. The summed E-state index contributed by atoms with van der Waals surface area (Å²) in [4.78, 5) is 0. The van der Waals surface area contributed by atoms with E-state index in [0.29, 0.717) is 0 Å². The van der Waals surface area contributed by atoms with Crippen LogP contribution in [0.25, 0.3) is 16.7 Å². The summed E-state index contributed by atoms with van der Waals surface area (Å²) in [5.41, 5.74) is 8.16. The standard InChI is InChI=1S/C18H13.Zr/c1-2-6-13(5-1)14-9-10-18-16(11-14)12-15-7-3-4-8-17(15)18;/h1-5,7-10H,6,12H2;/q-1;. The van der Waals surface area contributed by atoms with Gasteiger partial charge in [0, 0.05) is 26.2 Å². The zero-order chi connectivity index (χ0) is 11.9. The second-order valence-corrected chi connectivity index (χ2v) is 4.92. The molecule has 0 saturated heterocycles. The Bertz CT molecular complexity index is 693. The molecular formula is C18H13Zr-. The van der Waals surface area contributed by atoms with Crippen molar-refractivity contribution in [2.24, 2.45) is 0 Å². The second kappa shape index (κ2) is 5.06. The monoisotopic (exact) mass is 319 g/mol. The van der Waals surface area contributed by atoms with Crippen molar-refractivity contribution in [1.82, 2.24) is 0 Å². The van der Waals surface area contributed by atoms with Crippen molar-refractivity contribution in [3.63, 3.8) is 0 Å². The molecule has 0 bridgehead atoms. The quantitative estimate of drug-likeness (QED) is 0.583. The normalized spacial score (nSPS) is 14.6. The summed E-state index contributed by atoms with van der Waals surface area (Å²) in [7, 11) is 0. The first-order valence-corrected chi connectivity index (χ1v) is 6.41. The van der Waals surface area contributed by atoms with E-state index in [0.717, 1.165) is 12.8 Å². The van der Waals surface area contributed by atoms with Crippen LogP contribution in [-0.4, -0.2) is 0 Å². The molecule has 0 heterocycles. The van der Waals surface area contributed by atoms with Gasteiger partial charge >= 0.3 is 0 Å². The van der Waals surface area contributed by atoms with Crippen LogP contribution in [0.4, 0.5) is 0 Å². The molecule has 2 aliphatic carbocycles. The zero-order valence-corrected chi connectivity index (χ0v) is 13.1. The molecule has 0 amide bonds. The molecule has 2 aliphatic rings. The van der Waals surface area contributed by atoms with Crippen molar-refractivity contribution in [3.05, 3.63) is 77.4 Å². The molecule has 1 heteroatoms. The van der Waals surface area contributed by atoms with E-state index < -0.39 is 0 Å². The van der Waals surface area contributed by atoms with Gasteiger partial charge in [0.1, 0.15) is 0 Å². The van der Waals surface area contributed by atoms with Gasteiger partial charge in [-0.05, 0) is 18.4 Å². The predicted octanol–water partition coefficient (Wildman–Crippen LogP) is 4.40. The molecule has 0 saturated carbocycles. The fraction of sp³-hybridized carbons (Fsp3) is 0.111. The minimum absolute atomic E-state index is 0. The Morgan fingerprint density at radius 3 is 2.68 bits per heavy atom. The fourth-order valence-electron chi connectivity index (χ4n) is 2.89. The summed E-state index contributed by atoms with van der Waals surface area (Å²) in [5, 5.41) is 0. The van der Waals surface area contributed by atoms with Crippen molar-refractivity contribution in [2.45, 2.75) is 12.8 Å². The van der Waals surface area contributed by atoms with Crippen molar-refractivity contribution >= 4 is 5.57 Å². The van der Waals surface area contributed by atoms with Gasteiger partial charge in [-0.1, -0.05) is 47.5 Å². The Balaban J connectivity index is 0.00000110. The molecule has 0 aliphatic heterocycles. The van der Waals surface area contributed by atoms with Crippen molar-refractivity contribution in [1.29, 1.82) is 0 Å². The molecule has 2 aromatic rings. The topological polar surface area (TPSA) is 0 Å². The molecule has 90 valence electrons. The average Bonchev–Trinajstić information content (AvgIpc) is 3.05. The molecule has 0 spiro atoms. The van der Waals surface area contributed by atoms with Crippen molar-refractivity contribution < 1.29 is 26.2 Å². The van der Waals surface area contributed by atoms with Crippen LogP contribution < -0.4 is 0 Å². The van der Waals surface area contributed by atoms with E-state index in [4.69, 9.17) is 0 Å². The number of rotatable bonds is 1. The molecule has 2 aromatic carbocycles. The molecular weight excluding hydrogens is 307 g/mol. The summed E-state index contributed by atoms with van der Waals surface area (Å²) in [5.74, 6) is 0. The first kappa shape index (κ1) is 12.8. The van der Waals surface area contributed by atoms with Crippen molar-refractivity contribution in [2.75, 3.05) is 0 Å². The van der Waals surface area contributed by atoms with Crippen LogP contribution in [0.15, 0.2) is 54.6 Å². The number of allylic oxidation sites excluding steroid dienone is 4. The van der Waals surface area contributed by atoms with E-state index in [1.54, 1.807) is 0 Å². The zero-order valence-electron chi connectivity index (χ0n) is 10.6. The van der Waals surface area contributed by atoms with E-state index in [2.05, 4.69) is 60.7 Å². The van der Waals surface area contributed by atoms with Crippen LogP contribution >= 0.6 is 0 Å². The van der Waals surface area contributed by atoms with E-state index >= 15 is 0 Å². The number of hydrogen-bond acceptors (Lipinski definition) is 0. The number of benzene rings is 2. The molecule has 4 rings (SSSR count). The summed E-state index contributed by atoms with van der Waals surface area (Å²) in [6.07, 6.45) is 8.60. The van der Waals surface area contributed by atoms with Gasteiger partial charge in [-0.2, -0.15) is 0 Å². The van der Waals surface area contributed by atoms with Gasteiger partial charge in [-0.25, -0.2) is 0 Å². The van der Waals surface area contributed by atoms with Gasteiger partial charge in [-0.15, -0.1) is 41.0 Å². The Morgan fingerprint density at radius 2 is 1.84 bits per heavy atom. The molecule has 0 atom stereocenters. The SMILES string of the molecule is [Zr].[c-]1c(C2=CC=CC2)ccc2c1Cc1ccccc1-2. The average molecular weight is 321 g/mol. The molecule has 0 fully saturated rings. The Morgan fingerprint density at radius 1 is 0.947 bits per heavy atom. The smallest absolute Gasteiger partial charge is 0 e. The Labute approximate surface area is 133 Å². The van der Waals surface area contributed by atoms with E-state index in [9.17, 15) is 0 Å². The first-order valence-electron chi connectivity index (χ1n) is 6.41. The van der Waals surface area contributed by atoms with Gasteiger partial charge in [0.15, 0.2) is 0 Å². The summed E-state index contributed by atoms with van der Waals surface area (Å²) in [6, 6.07) is 16.7. The van der Waals surface area contributed by atoms with Crippen LogP contribution in [0.3, 0.4) is 0 Å². The van der Waals surface area contributed by atoms with E-state index in [-0.39, 0.29) is 26.2 Å². The van der Waals surface area contributed by atoms with Crippen LogP contribution in [0.1, 0.15) is 23.1 Å². The van der Waals surface area contributed by atoms with Gasteiger partial charge in [0.2, 0.25) is 0 Å². The molecule has 0 radical (unpaired) electrons. The number of fused-ring (bicyclic) bond motifs is 3. The minimum atomic E-state index is 0. The largest absolute Gasteiger partial charge is 0.147 e. The van der Waals surface area contributed by atoms with E-state index in [1.807, 2.05) is 0 Å². The molecule has 0 aromatic heterocycles.